The van der Waals surface area contributed by atoms with Crippen LogP contribution in [0.2, 0.25) is 0 Å². The first-order valence-corrected chi connectivity index (χ1v) is 8.32. The predicted octanol–water partition coefficient (Wildman–Crippen LogP) is 2.21. The highest BCUT2D eigenvalue weighted by atomic mass is 19.1. The van der Waals surface area contributed by atoms with Gasteiger partial charge in [0.15, 0.2) is 6.61 Å². The molecule has 134 valence electrons. The van der Waals surface area contributed by atoms with Crippen LogP contribution in [-0.2, 0) is 9.53 Å². The van der Waals surface area contributed by atoms with Crippen molar-refractivity contribution in [3.8, 4) is 5.75 Å². The molecule has 1 aromatic rings. The topological polar surface area (TPSA) is 50.8 Å². The second-order valence-corrected chi connectivity index (χ2v) is 6.99. The lowest BCUT2D eigenvalue weighted by atomic mass is 10.00. The summed E-state index contributed by atoms with van der Waals surface area (Å²) in [5.41, 5.74) is -0.169. The Hall–Kier alpha value is -1.66. The SMILES string of the molecule is C[C@H]1CN(C(C)(C)CNC(=O)COc2ccc(F)cc2)C[C@H](C)O1. The first-order valence-electron chi connectivity index (χ1n) is 8.32. The average molecular weight is 338 g/mol. The van der Waals surface area contributed by atoms with Gasteiger partial charge in [0.2, 0.25) is 0 Å². The summed E-state index contributed by atoms with van der Waals surface area (Å²) in [4.78, 5) is 14.3. The molecule has 24 heavy (non-hydrogen) atoms. The molecule has 6 heteroatoms. The summed E-state index contributed by atoms with van der Waals surface area (Å²) in [5.74, 6) is -0.0501. The minimum atomic E-state index is -0.331. The number of carbonyl (C=O) groups excluding carboxylic acids is 1. The number of hydrogen-bond acceptors (Lipinski definition) is 4. The molecule has 1 aliphatic rings. The molecule has 1 amide bonds. The summed E-state index contributed by atoms with van der Waals surface area (Å²) in [7, 11) is 0. The summed E-state index contributed by atoms with van der Waals surface area (Å²) in [6.45, 7) is 10.5. The van der Waals surface area contributed by atoms with Crippen LogP contribution in [0.15, 0.2) is 24.3 Å². The van der Waals surface area contributed by atoms with Gasteiger partial charge in [-0.1, -0.05) is 0 Å². The summed E-state index contributed by atoms with van der Waals surface area (Å²) in [6, 6.07) is 5.61. The van der Waals surface area contributed by atoms with Crippen LogP contribution in [0.25, 0.3) is 0 Å². The van der Waals surface area contributed by atoms with Gasteiger partial charge in [0.1, 0.15) is 11.6 Å². The van der Waals surface area contributed by atoms with E-state index in [1.165, 1.54) is 24.3 Å². The fraction of sp³-hybridized carbons (Fsp3) is 0.611. The highest BCUT2D eigenvalue weighted by molar-refractivity contribution is 5.77. The van der Waals surface area contributed by atoms with E-state index in [-0.39, 0.29) is 36.1 Å². The molecule has 1 saturated heterocycles. The number of nitrogens with one attached hydrogen (secondary N) is 1. The predicted molar refractivity (Wildman–Crippen MR) is 90.6 cm³/mol. The Morgan fingerprint density at radius 1 is 1.29 bits per heavy atom. The fourth-order valence-corrected chi connectivity index (χ4v) is 2.83. The van der Waals surface area contributed by atoms with Gasteiger partial charge < -0.3 is 14.8 Å². The quantitative estimate of drug-likeness (QED) is 0.864. The van der Waals surface area contributed by atoms with Crippen LogP contribution < -0.4 is 10.1 Å². The number of hydrogen-bond donors (Lipinski definition) is 1. The molecule has 2 atom stereocenters. The first kappa shape index (κ1) is 18.7. The van der Waals surface area contributed by atoms with Crippen LogP contribution in [-0.4, -0.2) is 54.8 Å². The zero-order valence-corrected chi connectivity index (χ0v) is 14.8. The first-order chi connectivity index (χ1) is 11.3. The molecule has 1 aromatic carbocycles. The summed E-state index contributed by atoms with van der Waals surface area (Å²) >= 11 is 0. The maximum Gasteiger partial charge on any atom is 0.258 e. The summed E-state index contributed by atoms with van der Waals surface area (Å²) in [6.07, 6.45) is 0.371. The van der Waals surface area contributed by atoms with Crippen molar-refractivity contribution in [1.29, 1.82) is 0 Å². The highest BCUT2D eigenvalue weighted by Crippen LogP contribution is 2.20. The van der Waals surface area contributed by atoms with Crippen molar-refractivity contribution < 1.29 is 18.7 Å². The molecule has 0 saturated carbocycles. The molecule has 1 N–H and O–H groups in total. The molecule has 0 unspecified atom stereocenters. The monoisotopic (exact) mass is 338 g/mol. The maximum atomic E-state index is 12.8. The van der Waals surface area contributed by atoms with E-state index < -0.39 is 0 Å². The van der Waals surface area contributed by atoms with E-state index in [1.807, 2.05) is 0 Å². The number of morpholine rings is 1. The second-order valence-electron chi connectivity index (χ2n) is 6.99. The zero-order valence-electron chi connectivity index (χ0n) is 14.8. The lowest BCUT2D eigenvalue weighted by molar-refractivity contribution is -0.124. The highest BCUT2D eigenvalue weighted by Gasteiger charge is 2.33. The van der Waals surface area contributed by atoms with E-state index >= 15 is 0 Å². The lowest BCUT2D eigenvalue weighted by Crippen LogP contribution is -2.58. The molecule has 0 radical (unpaired) electrons. The molecule has 1 fully saturated rings. The van der Waals surface area contributed by atoms with Gasteiger partial charge in [-0.05, 0) is 52.0 Å². The van der Waals surface area contributed by atoms with Crippen LogP contribution in [0.1, 0.15) is 27.7 Å². The van der Waals surface area contributed by atoms with Gasteiger partial charge in [0, 0.05) is 25.2 Å². The number of carbonyl (C=O) groups is 1. The summed E-state index contributed by atoms with van der Waals surface area (Å²) < 4.78 is 23.9. The van der Waals surface area contributed by atoms with Crippen molar-refractivity contribution in [3.05, 3.63) is 30.1 Å². The third-order valence-corrected chi connectivity index (χ3v) is 4.18. The van der Waals surface area contributed by atoms with Crippen molar-refractivity contribution in [2.75, 3.05) is 26.2 Å². The Morgan fingerprint density at radius 3 is 2.46 bits per heavy atom. The maximum absolute atomic E-state index is 12.8. The normalized spacial score (nSPS) is 22.2. The molecule has 1 aliphatic heterocycles. The standard InChI is InChI=1S/C18H27FN2O3/c1-13-9-21(10-14(2)24-13)18(3,4)12-20-17(22)11-23-16-7-5-15(19)6-8-16/h5-8,13-14H,9-12H2,1-4H3,(H,20,22)/t13-,14-/m0/s1. The number of ether oxygens (including phenoxy) is 2. The fourth-order valence-electron chi connectivity index (χ4n) is 2.83. The molecule has 0 bridgehead atoms. The minimum Gasteiger partial charge on any atom is -0.484 e. The van der Waals surface area contributed by atoms with Gasteiger partial charge in [-0.25, -0.2) is 4.39 Å². The van der Waals surface area contributed by atoms with Gasteiger partial charge >= 0.3 is 0 Å². The third kappa shape index (κ3) is 5.46. The van der Waals surface area contributed by atoms with Crippen molar-refractivity contribution in [2.45, 2.75) is 45.4 Å². The van der Waals surface area contributed by atoms with Crippen molar-refractivity contribution in [3.63, 3.8) is 0 Å². The molecular formula is C18H27FN2O3. The van der Waals surface area contributed by atoms with E-state index in [2.05, 4.69) is 37.9 Å². The van der Waals surface area contributed by atoms with Crippen molar-refractivity contribution >= 4 is 5.91 Å². The van der Waals surface area contributed by atoms with Gasteiger partial charge in [-0.3, -0.25) is 9.69 Å². The second kappa shape index (κ2) is 7.94. The number of rotatable bonds is 6. The van der Waals surface area contributed by atoms with Gasteiger partial charge in [-0.15, -0.1) is 0 Å². The molecule has 0 spiro atoms. The van der Waals surface area contributed by atoms with Crippen LogP contribution in [0.3, 0.4) is 0 Å². The molecule has 0 aromatic heterocycles. The molecular weight excluding hydrogens is 311 g/mol. The van der Waals surface area contributed by atoms with E-state index in [0.717, 1.165) is 13.1 Å². The van der Waals surface area contributed by atoms with Gasteiger partial charge in [-0.2, -0.15) is 0 Å². The van der Waals surface area contributed by atoms with Gasteiger partial charge in [0.25, 0.3) is 5.91 Å². The molecule has 0 aliphatic carbocycles. The van der Waals surface area contributed by atoms with Gasteiger partial charge in [0.05, 0.1) is 12.2 Å². The largest absolute Gasteiger partial charge is 0.484 e. The summed E-state index contributed by atoms with van der Waals surface area (Å²) in [5, 5.41) is 2.91. The number of nitrogens with zero attached hydrogens (tertiary/aromatic N) is 1. The Balaban J connectivity index is 1.78. The molecule has 2 rings (SSSR count). The van der Waals surface area contributed by atoms with E-state index in [9.17, 15) is 9.18 Å². The Bertz CT molecular complexity index is 538. The minimum absolute atomic E-state index is 0.0857. The Labute approximate surface area is 143 Å². The molecule has 5 nitrogen and oxygen atoms in total. The molecule has 1 heterocycles. The van der Waals surface area contributed by atoms with Crippen LogP contribution in [0.5, 0.6) is 5.75 Å². The van der Waals surface area contributed by atoms with Crippen LogP contribution in [0.4, 0.5) is 4.39 Å². The zero-order chi connectivity index (χ0) is 17.7. The average Bonchev–Trinajstić information content (AvgIpc) is 2.51. The Kier molecular flexibility index (Phi) is 6.18. The third-order valence-electron chi connectivity index (χ3n) is 4.18. The number of halogens is 1. The van der Waals surface area contributed by atoms with E-state index in [0.29, 0.717) is 12.3 Å². The lowest BCUT2D eigenvalue weighted by Gasteiger charge is -2.45. The smallest absolute Gasteiger partial charge is 0.258 e. The van der Waals surface area contributed by atoms with Crippen molar-refractivity contribution in [2.24, 2.45) is 0 Å². The van der Waals surface area contributed by atoms with Crippen LogP contribution in [0, 0.1) is 5.82 Å². The van der Waals surface area contributed by atoms with Crippen LogP contribution >= 0.6 is 0 Å². The Morgan fingerprint density at radius 2 is 1.88 bits per heavy atom. The van der Waals surface area contributed by atoms with Crippen molar-refractivity contribution in [1.82, 2.24) is 10.2 Å². The van der Waals surface area contributed by atoms with E-state index in [1.54, 1.807) is 0 Å². The number of amides is 1. The van der Waals surface area contributed by atoms with E-state index in [4.69, 9.17) is 9.47 Å². The number of benzene rings is 1.